The number of phenolic OH excluding ortho intramolecular Hbond substituents is 2. The van der Waals surface area contributed by atoms with E-state index in [-0.39, 0.29) is 23.1 Å². The molecule has 0 bridgehead atoms. The second-order valence-corrected chi connectivity index (χ2v) is 13.6. The highest BCUT2D eigenvalue weighted by atomic mass is 79.9. The zero-order valence-electron chi connectivity index (χ0n) is 26.4. The van der Waals surface area contributed by atoms with Crippen molar-refractivity contribution in [3.8, 4) is 46.4 Å². The predicted octanol–water partition coefficient (Wildman–Crippen LogP) is 6.08. The van der Waals surface area contributed by atoms with Crippen LogP contribution in [0.3, 0.4) is 0 Å². The number of phenols is 2. The van der Waals surface area contributed by atoms with Crippen molar-refractivity contribution in [1.82, 2.24) is 29.9 Å². The van der Waals surface area contributed by atoms with Crippen molar-refractivity contribution in [3.63, 3.8) is 0 Å². The zero-order chi connectivity index (χ0) is 36.9. The minimum Gasteiger partial charge on any atom is -0.508 e. The number of halogens is 3. The Morgan fingerprint density at radius 2 is 1.14 bits per heavy atom. The van der Waals surface area contributed by atoms with E-state index in [1.807, 2.05) is 18.2 Å². The van der Waals surface area contributed by atoms with E-state index in [9.17, 15) is 14.4 Å². The summed E-state index contributed by atoms with van der Waals surface area (Å²) in [5.74, 6) is 12.7. The molecule has 8 N–H and O–H groups in total. The predicted molar refractivity (Wildman–Crippen MR) is 208 cm³/mol. The average Bonchev–Trinajstić information content (AvgIpc) is 3.11. The molecule has 3 heterocycles. The highest BCUT2D eigenvalue weighted by molar-refractivity contribution is 9.11. The second-order valence-electron chi connectivity index (χ2n) is 9.84. The number of hydrogen-bond acceptors (Lipinski definition) is 12. The number of anilines is 3. The molecule has 256 valence electrons. The van der Waals surface area contributed by atoms with Crippen LogP contribution in [0.4, 0.5) is 17.5 Å². The van der Waals surface area contributed by atoms with Crippen molar-refractivity contribution in [2.75, 3.05) is 23.5 Å². The van der Waals surface area contributed by atoms with Crippen molar-refractivity contribution in [2.45, 2.75) is 4.90 Å². The Morgan fingerprint density at radius 1 is 0.627 bits per heavy atom. The fourth-order valence-electron chi connectivity index (χ4n) is 3.80. The highest BCUT2D eigenvalue weighted by Crippen LogP contribution is 2.25. The van der Waals surface area contributed by atoms with E-state index in [1.54, 1.807) is 73.2 Å². The van der Waals surface area contributed by atoms with Crippen molar-refractivity contribution in [1.29, 1.82) is 0 Å². The number of nitrogens with zero attached hydrogens (tertiary/aromatic N) is 6. The number of aromatic nitrogens is 6. The topological polar surface area (TPSA) is 213 Å². The summed E-state index contributed by atoms with van der Waals surface area (Å²) >= 11 is 9.45. The SMILES string of the molecule is CS(=O)c1ccccc1-c1cnc(N)c(C#Cc2cccc(O)c2)n1.Nc1ncc(Br)nc1Br.Nc1ncc(Br)nc1C#Cc1cccc(O)c1. The quantitative estimate of drug-likeness (QED) is 0.125. The number of benzene rings is 3. The molecule has 0 aliphatic heterocycles. The van der Waals surface area contributed by atoms with Crippen LogP contribution < -0.4 is 17.2 Å². The summed E-state index contributed by atoms with van der Waals surface area (Å²) in [6, 6.07) is 20.6. The summed E-state index contributed by atoms with van der Waals surface area (Å²) in [6.45, 7) is 0. The van der Waals surface area contributed by atoms with Gasteiger partial charge in [-0.3, -0.25) is 4.21 Å². The molecule has 0 amide bonds. The first-order valence-corrected chi connectivity index (χ1v) is 18.2. The Bertz CT molecular complexity index is 2340. The Labute approximate surface area is 320 Å². The van der Waals surface area contributed by atoms with Crippen LogP contribution in [0.25, 0.3) is 11.3 Å². The second kappa shape index (κ2) is 18.6. The van der Waals surface area contributed by atoms with Crippen molar-refractivity contribution in [2.24, 2.45) is 0 Å². The first-order valence-electron chi connectivity index (χ1n) is 14.3. The van der Waals surface area contributed by atoms with Gasteiger partial charge in [0.05, 0.1) is 35.1 Å². The van der Waals surface area contributed by atoms with E-state index >= 15 is 0 Å². The van der Waals surface area contributed by atoms with Gasteiger partial charge in [-0.05, 0) is 102 Å². The minimum atomic E-state index is -1.15. The molecule has 0 saturated heterocycles. The van der Waals surface area contributed by atoms with E-state index in [1.165, 1.54) is 6.20 Å². The van der Waals surface area contributed by atoms with Crippen molar-refractivity contribution >= 4 is 76.0 Å². The number of nitrogens with two attached hydrogens (primary N) is 3. The third-order valence-corrected chi connectivity index (χ3v) is 8.44. The maximum Gasteiger partial charge on any atom is 0.158 e. The largest absolute Gasteiger partial charge is 0.508 e. The van der Waals surface area contributed by atoms with Gasteiger partial charge in [-0.25, -0.2) is 29.9 Å². The maximum absolute atomic E-state index is 11.9. The number of nitrogen functional groups attached to an aromatic ring is 3. The zero-order valence-corrected chi connectivity index (χ0v) is 32.0. The van der Waals surface area contributed by atoms with Crippen LogP contribution in [0.1, 0.15) is 22.5 Å². The van der Waals surface area contributed by atoms with Crippen molar-refractivity contribution < 1.29 is 14.4 Å². The average molecular weight is 892 g/mol. The summed E-state index contributed by atoms with van der Waals surface area (Å²) in [6.07, 6.45) is 6.21. The summed E-state index contributed by atoms with van der Waals surface area (Å²) in [5, 5.41) is 18.8. The van der Waals surface area contributed by atoms with Gasteiger partial charge in [0.1, 0.15) is 25.3 Å². The molecule has 16 heteroatoms. The third-order valence-electron chi connectivity index (χ3n) is 6.11. The lowest BCUT2D eigenvalue weighted by Crippen LogP contribution is -2.01. The molecular formula is C35H26Br3N9O3S. The monoisotopic (exact) mass is 889 g/mol. The van der Waals surface area contributed by atoms with E-state index in [0.29, 0.717) is 52.7 Å². The molecule has 0 fully saturated rings. The lowest BCUT2D eigenvalue weighted by atomic mass is 10.1. The van der Waals surface area contributed by atoms with Crippen LogP contribution in [-0.2, 0) is 10.8 Å². The first kappa shape index (κ1) is 38.4. The van der Waals surface area contributed by atoms with E-state index < -0.39 is 10.8 Å². The summed E-state index contributed by atoms with van der Waals surface area (Å²) in [5.41, 5.74) is 20.2. The molecule has 0 radical (unpaired) electrons. The van der Waals surface area contributed by atoms with E-state index in [0.717, 1.165) is 5.56 Å². The fourth-order valence-corrected chi connectivity index (χ4v) is 5.65. The van der Waals surface area contributed by atoms with Gasteiger partial charge >= 0.3 is 0 Å². The molecule has 51 heavy (non-hydrogen) atoms. The normalized spacial score (nSPS) is 10.4. The van der Waals surface area contributed by atoms with Gasteiger partial charge in [-0.2, -0.15) is 0 Å². The van der Waals surface area contributed by atoms with Gasteiger partial charge in [0.25, 0.3) is 0 Å². The Kier molecular flexibility index (Phi) is 14.0. The van der Waals surface area contributed by atoms with Crippen molar-refractivity contribution in [3.05, 3.63) is 128 Å². The van der Waals surface area contributed by atoms with E-state index in [4.69, 9.17) is 17.2 Å². The van der Waals surface area contributed by atoms with Crippen LogP contribution in [0.15, 0.2) is 110 Å². The van der Waals surface area contributed by atoms with Gasteiger partial charge in [-0.1, -0.05) is 42.2 Å². The molecule has 0 aliphatic carbocycles. The lowest BCUT2D eigenvalue weighted by Gasteiger charge is -2.07. The van der Waals surface area contributed by atoms with Gasteiger partial charge in [0.15, 0.2) is 28.8 Å². The van der Waals surface area contributed by atoms with Gasteiger partial charge in [-0.15, -0.1) is 0 Å². The fraction of sp³-hybridized carbons (Fsp3) is 0.0286. The number of aromatic hydroxyl groups is 2. The lowest BCUT2D eigenvalue weighted by molar-refractivity contribution is 0.474. The molecule has 12 nitrogen and oxygen atoms in total. The molecule has 6 rings (SSSR count). The molecule has 0 saturated carbocycles. The molecule has 6 aromatic rings. The molecule has 1 atom stereocenters. The number of hydrogen-bond donors (Lipinski definition) is 5. The summed E-state index contributed by atoms with van der Waals surface area (Å²) in [4.78, 5) is 25.0. The Hall–Kier alpha value is -5.39. The maximum atomic E-state index is 11.9. The smallest absolute Gasteiger partial charge is 0.158 e. The molecular weight excluding hydrogens is 866 g/mol. The van der Waals surface area contributed by atoms with Gasteiger partial charge < -0.3 is 27.4 Å². The first-order chi connectivity index (χ1) is 24.4. The Balaban J connectivity index is 0.000000192. The molecule has 3 aromatic heterocycles. The summed E-state index contributed by atoms with van der Waals surface area (Å²) < 4.78 is 13.7. The number of rotatable bonds is 2. The standard InChI is InChI=1S/C19H15N3O2S.C12H8BrN3O.C4H3Br2N3/c1-25(24)18-8-3-2-7-15(18)17-12-21-19(20)16(22-17)10-9-13-5-4-6-14(23)11-13;13-11-7-15-12(14)10(16-11)5-4-8-2-1-3-9(17)6-8;5-2-1-8-4(7)3(6)9-2/h2-8,11-12,23H,1H3,(H2,20,21);1-3,6-7,17H,(H2,14,15);1H,(H2,7,8). The van der Waals surface area contributed by atoms with Gasteiger partial charge in [0.2, 0.25) is 0 Å². The van der Waals surface area contributed by atoms with Crippen LogP contribution in [-0.4, -0.2) is 50.6 Å². The van der Waals surface area contributed by atoms with E-state index in [2.05, 4.69) is 101 Å². The molecule has 1 unspecified atom stereocenters. The molecule has 0 aliphatic rings. The van der Waals surface area contributed by atoms with Gasteiger partial charge in [0, 0.05) is 27.8 Å². The summed E-state index contributed by atoms with van der Waals surface area (Å²) in [7, 11) is -1.15. The van der Waals surface area contributed by atoms with Crippen LogP contribution >= 0.6 is 47.8 Å². The molecule has 3 aromatic carbocycles. The Morgan fingerprint density at radius 3 is 1.67 bits per heavy atom. The van der Waals surface area contributed by atoms with Crippen LogP contribution in [0.2, 0.25) is 0 Å². The van der Waals surface area contributed by atoms with Crippen LogP contribution in [0, 0.1) is 23.7 Å². The minimum absolute atomic E-state index is 0.138. The third kappa shape index (κ3) is 11.9. The highest BCUT2D eigenvalue weighted by Gasteiger charge is 2.11. The molecule has 0 spiro atoms. The van der Waals surface area contributed by atoms with Crippen LogP contribution in [0.5, 0.6) is 11.5 Å².